The smallest absolute Gasteiger partial charge is 0.0622 e. The van der Waals surface area contributed by atoms with Crippen molar-refractivity contribution in [2.45, 2.75) is 90.0 Å². The van der Waals surface area contributed by atoms with Crippen LogP contribution in [0.5, 0.6) is 0 Å². The van der Waals surface area contributed by atoms with Gasteiger partial charge in [-0.1, -0.05) is 54.6 Å². The van der Waals surface area contributed by atoms with E-state index in [9.17, 15) is 0 Å². The lowest BCUT2D eigenvalue weighted by Gasteiger charge is -2.30. The molecule has 2 heterocycles. The van der Waals surface area contributed by atoms with Gasteiger partial charge in [0.1, 0.15) is 0 Å². The number of para-hydroxylation sites is 1. The van der Waals surface area contributed by atoms with E-state index in [1.807, 2.05) is 6.08 Å². The van der Waals surface area contributed by atoms with Crippen LogP contribution in [-0.4, -0.2) is 10.9 Å². The van der Waals surface area contributed by atoms with E-state index in [0.29, 0.717) is 0 Å². The Kier molecular flexibility index (Phi) is 10.1. The van der Waals surface area contributed by atoms with Gasteiger partial charge in [-0.3, -0.25) is 0 Å². The molecule has 0 atom stereocenters. The summed E-state index contributed by atoms with van der Waals surface area (Å²) < 4.78 is 2.54. The maximum absolute atomic E-state index is 4.05. The van der Waals surface area contributed by atoms with E-state index >= 15 is 0 Å². The summed E-state index contributed by atoms with van der Waals surface area (Å²) in [5, 5.41) is 5.10. The van der Waals surface area contributed by atoms with Crippen molar-refractivity contribution in [2.75, 3.05) is 16.3 Å². The van der Waals surface area contributed by atoms with Crippen LogP contribution in [0.25, 0.3) is 38.1 Å². The lowest BCUT2D eigenvalue weighted by atomic mass is 9.97. The number of hydrogen-bond donors (Lipinski definition) is 0. The summed E-state index contributed by atoms with van der Waals surface area (Å²) >= 11 is 0. The Labute approximate surface area is 351 Å². The molecule has 0 saturated heterocycles. The van der Waals surface area contributed by atoms with E-state index in [1.165, 1.54) is 139 Å². The molecular weight excluding hydrogens is 715 g/mol. The van der Waals surface area contributed by atoms with Gasteiger partial charge in [-0.2, -0.15) is 0 Å². The fourth-order valence-corrected chi connectivity index (χ4v) is 9.25. The van der Waals surface area contributed by atoms with Crippen LogP contribution in [0.4, 0.5) is 28.4 Å². The zero-order valence-electron chi connectivity index (χ0n) is 37.5. The fourth-order valence-electron chi connectivity index (χ4n) is 9.25. The molecule has 8 rings (SSSR count). The first-order valence-electron chi connectivity index (χ1n) is 21.1. The zero-order valence-corrected chi connectivity index (χ0v) is 37.5. The molecule has 3 heteroatoms. The van der Waals surface area contributed by atoms with Gasteiger partial charge >= 0.3 is 0 Å². The Hall–Kier alpha value is -6.06. The molecule has 0 radical (unpaired) electrons. The van der Waals surface area contributed by atoms with Crippen molar-refractivity contribution in [3.8, 4) is 0 Å². The van der Waals surface area contributed by atoms with E-state index in [2.05, 4.69) is 202 Å². The number of aromatic nitrogens is 1. The summed E-state index contributed by atoms with van der Waals surface area (Å²) in [6.07, 6.45) is 4.34. The third-order valence-electron chi connectivity index (χ3n) is 13.8. The molecule has 0 N–H and O–H groups in total. The highest BCUT2D eigenvalue weighted by atomic mass is 15.2. The highest BCUT2D eigenvalue weighted by Gasteiger charge is 2.27. The Morgan fingerprint density at radius 2 is 1.03 bits per heavy atom. The van der Waals surface area contributed by atoms with Crippen LogP contribution in [-0.2, 0) is 0 Å². The highest BCUT2D eigenvalue weighted by molar-refractivity contribution is 6.28. The van der Waals surface area contributed by atoms with Crippen molar-refractivity contribution in [3.63, 3.8) is 0 Å². The van der Waals surface area contributed by atoms with Gasteiger partial charge in [-0.25, -0.2) is 0 Å². The maximum atomic E-state index is 4.05. The number of anilines is 5. The van der Waals surface area contributed by atoms with Crippen LogP contribution in [0.3, 0.4) is 0 Å². The van der Waals surface area contributed by atoms with E-state index in [-0.39, 0.29) is 0 Å². The number of fused-ring (bicyclic) bond motifs is 6. The molecule has 8 aromatic rings. The van der Waals surface area contributed by atoms with Crippen molar-refractivity contribution in [1.82, 2.24) is 4.40 Å². The lowest BCUT2D eigenvalue weighted by Crippen LogP contribution is -2.18. The predicted molar refractivity (Wildman–Crippen MR) is 259 cm³/mol. The van der Waals surface area contributed by atoms with Gasteiger partial charge < -0.3 is 14.2 Å². The third kappa shape index (κ3) is 6.43. The molecule has 0 fully saturated rings. The van der Waals surface area contributed by atoms with Crippen LogP contribution in [0.2, 0.25) is 0 Å². The highest BCUT2D eigenvalue weighted by Crippen LogP contribution is 2.50. The van der Waals surface area contributed by atoms with Gasteiger partial charge in [0.25, 0.3) is 0 Å². The van der Waals surface area contributed by atoms with Crippen LogP contribution < -0.4 is 9.80 Å². The number of hydrogen-bond acceptors (Lipinski definition) is 2. The van der Waals surface area contributed by atoms with Gasteiger partial charge in [0, 0.05) is 45.2 Å². The monoisotopic (exact) mass is 773 g/mol. The lowest BCUT2D eigenvalue weighted by molar-refractivity contribution is 1.08. The number of aryl methyl sites for hydroxylation is 7. The predicted octanol–water partition coefficient (Wildman–Crippen LogP) is 16.0. The van der Waals surface area contributed by atoms with E-state index in [0.717, 1.165) is 6.54 Å². The first-order chi connectivity index (χ1) is 28.1. The van der Waals surface area contributed by atoms with Crippen molar-refractivity contribution in [3.05, 3.63) is 176 Å². The van der Waals surface area contributed by atoms with Gasteiger partial charge in [-0.15, -0.1) is 0 Å². The molecule has 2 aromatic heterocycles. The normalized spacial score (nSPS) is 12.7. The van der Waals surface area contributed by atoms with Crippen LogP contribution in [0.1, 0.15) is 76.4 Å². The summed E-state index contributed by atoms with van der Waals surface area (Å²) in [6, 6.07) is 32.7. The van der Waals surface area contributed by atoms with Gasteiger partial charge in [0.05, 0.1) is 27.9 Å². The van der Waals surface area contributed by atoms with E-state index in [1.54, 1.807) is 0 Å². The molecule has 59 heavy (non-hydrogen) atoms. The summed E-state index contributed by atoms with van der Waals surface area (Å²) in [6.45, 7) is 33.8. The maximum Gasteiger partial charge on any atom is 0.0622 e. The van der Waals surface area contributed by atoms with E-state index < -0.39 is 0 Å². The second kappa shape index (κ2) is 15.0. The molecule has 0 amide bonds. The second-order valence-electron chi connectivity index (χ2n) is 17.3. The average Bonchev–Trinajstić information content (AvgIpc) is 3.74. The molecular formula is C56H59N3. The second-order valence-corrected chi connectivity index (χ2v) is 17.3. The minimum atomic E-state index is 0.737. The summed E-state index contributed by atoms with van der Waals surface area (Å²) in [5.74, 6) is 0. The first-order valence-corrected chi connectivity index (χ1v) is 21.1. The van der Waals surface area contributed by atoms with Crippen LogP contribution in [0.15, 0.2) is 120 Å². The molecule has 6 aromatic carbocycles. The number of nitrogens with zero attached hydrogens (tertiary/aromatic N) is 3. The van der Waals surface area contributed by atoms with Crippen LogP contribution in [0, 0.1) is 69.2 Å². The van der Waals surface area contributed by atoms with Gasteiger partial charge in [0.2, 0.25) is 0 Å². The summed E-state index contributed by atoms with van der Waals surface area (Å²) in [7, 11) is 0. The Morgan fingerprint density at radius 1 is 0.559 bits per heavy atom. The van der Waals surface area contributed by atoms with Gasteiger partial charge in [0.15, 0.2) is 0 Å². The molecule has 0 spiro atoms. The molecule has 3 nitrogen and oxygen atoms in total. The fraction of sp³-hybridized carbons (Fsp3) is 0.250. The van der Waals surface area contributed by atoms with Crippen molar-refractivity contribution in [2.24, 2.45) is 0 Å². The molecule has 0 unspecified atom stereocenters. The minimum absolute atomic E-state index is 0.737. The van der Waals surface area contributed by atoms with E-state index in [4.69, 9.17) is 0 Å². The third-order valence-corrected chi connectivity index (χ3v) is 13.8. The Balaban J connectivity index is 1.44. The first kappa shape index (κ1) is 39.8. The number of rotatable bonds is 9. The Bertz CT molecular complexity index is 2940. The quantitative estimate of drug-likeness (QED) is 0.135. The minimum Gasteiger partial charge on any atom is -0.337 e. The average molecular weight is 774 g/mol. The zero-order chi connectivity index (χ0) is 42.2. The number of allylic oxidation sites excluding steroid dienone is 4. The molecule has 298 valence electrons. The number of benzene rings is 6. The molecule has 0 aliphatic heterocycles. The molecule has 0 saturated carbocycles. The molecule has 0 aliphatic rings. The van der Waals surface area contributed by atoms with Crippen molar-refractivity contribution in [1.29, 1.82) is 0 Å². The summed E-state index contributed by atoms with van der Waals surface area (Å²) in [5.41, 5.74) is 26.6. The topological polar surface area (TPSA) is 10.9 Å². The van der Waals surface area contributed by atoms with Crippen LogP contribution >= 0.6 is 0 Å². The van der Waals surface area contributed by atoms with Crippen molar-refractivity contribution < 1.29 is 0 Å². The Morgan fingerprint density at radius 3 is 1.56 bits per heavy atom. The molecule has 0 bridgehead atoms. The largest absolute Gasteiger partial charge is 0.337 e. The summed E-state index contributed by atoms with van der Waals surface area (Å²) in [4.78, 5) is 5.06. The SMILES string of the molecule is C=C/C(C)=C(C)\C(C)=C/CN(c1cc(C)c(C)c(C)c1)c1cccc2c1c1cccc3c4c(N(c5cc(C)c(C)c(C)c5)c5cc(C)c(C)c(C)c5)c(C)ccc4n2c13. The standard InChI is InChI=1S/C56H59N3/c1-15-32(2)41(11)33(3)24-25-57(45-26-35(5)42(12)36(6)27-45)50-20-17-21-51-53(50)48-18-16-19-49-54-52(59(51)56(48)49)23-22-34(4)55(54)58(46-28-37(7)43(13)38(8)29-46)47-30-39(9)44(14)40(10)31-47/h15-24,26-31H,1,25H2,2-14H3/b33-24-,41-32-. The van der Waals surface area contributed by atoms with Gasteiger partial charge in [-0.05, 0) is 211 Å². The molecule has 0 aliphatic carbocycles. The van der Waals surface area contributed by atoms with Crippen molar-refractivity contribution >= 4 is 66.5 Å².